The third kappa shape index (κ3) is 2.38. The molecule has 0 unspecified atom stereocenters. The molecular weight excluding hydrogens is 223 g/mol. The van der Waals surface area contributed by atoms with Crippen LogP contribution in [0.2, 0.25) is 0 Å². The average Bonchev–Trinajstić information content (AvgIpc) is 2.74. The van der Waals surface area contributed by atoms with Gasteiger partial charge in [-0.05, 0) is 6.42 Å². The van der Waals surface area contributed by atoms with E-state index in [4.69, 9.17) is 0 Å². The number of hydrogen-bond acceptors (Lipinski definition) is 5. The number of hydrogen-bond donors (Lipinski definition) is 1. The molecule has 0 bridgehead atoms. The lowest BCUT2D eigenvalue weighted by Crippen LogP contribution is -2.07. The van der Waals surface area contributed by atoms with Crippen molar-refractivity contribution in [2.45, 2.75) is 13.3 Å². The van der Waals surface area contributed by atoms with E-state index in [0.717, 1.165) is 19.2 Å². The highest BCUT2D eigenvalue weighted by molar-refractivity contribution is 5.55. The first-order valence-electron chi connectivity index (χ1n) is 5.34. The summed E-state index contributed by atoms with van der Waals surface area (Å²) in [5.74, 6) is -0.0816. The van der Waals surface area contributed by atoms with Crippen LogP contribution in [0.15, 0.2) is 12.4 Å². The Hall–Kier alpha value is -2.05. The Balaban J connectivity index is 2.36. The van der Waals surface area contributed by atoms with Crippen molar-refractivity contribution in [3.63, 3.8) is 0 Å². The number of halogens is 1. The van der Waals surface area contributed by atoms with Crippen LogP contribution in [0.5, 0.6) is 0 Å². The predicted octanol–water partition coefficient (Wildman–Crippen LogP) is 1.23. The second-order valence-corrected chi connectivity index (χ2v) is 3.56. The van der Waals surface area contributed by atoms with Gasteiger partial charge in [-0.25, -0.2) is 19.0 Å². The SMILES string of the molecule is CCCNc1ncc(F)c(-c2cnnn2C)n1. The van der Waals surface area contributed by atoms with Crippen LogP contribution in [0.3, 0.4) is 0 Å². The van der Waals surface area contributed by atoms with Gasteiger partial charge in [0.15, 0.2) is 5.82 Å². The maximum atomic E-state index is 13.6. The van der Waals surface area contributed by atoms with Gasteiger partial charge in [0.05, 0.1) is 12.4 Å². The summed E-state index contributed by atoms with van der Waals surface area (Å²) >= 11 is 0. The van der Waals surface area contributed by atoms with Gasteiger partial charge < -0.3 is 5.32 Å². The molecule has 0 fully saturated rings. The molecule has 0 aliphatic carbocycles. The highest BCUT2D eigenvalue weighted by atomic mass is 19.1. The van der Waals surface area contributed by atoms with Gasteiger partial charge in [0.25, 0.3) is 0 Å². The standard InChI is InChI=1S/C10H13FN6/c1-3-4-12-10-13-5-7(11)9(15-10)8-6-14-16-17(8)2/h5-6H,3-4H2,1-2H3,(H,12,13,15). The maximum Gasteiger partial charge on any atom is 0.223 e. The zero-order chi connectivity index (χ0) is 12.3. The van der Waals surface area contributed by atoms with E-state index in [1.165, 1.54) is 10.9 Å². The smallest absolute Gasteiger partial charge is 0.223 e. The molecule has 0 saturated heterocycles. The van der Waals surface area contributed by atoms with Gasteiger partial charge >= 0.3 is 0 Å². The van der Waals surface area contributed by atoms with Crippen molar-refractivity contribution in [2.24, 2.45) is 7.05 Å². The van der Waals surface area contributed by atoms with Gasteiger partial charge in [-0.3, -0.25) is 0 Å². The number of aryl methyl sites for hydroxylation is 1. The minimum atomic E-state index is -0.488. The normalized spacial score (nSPS) is 10.5. The molecule has 7 heteroatoms. The first-order chi connectivity index (χ1) is 8.22. The van der Waals surface area contributed by atoms with Gasteiger partial charge in [0.2, 0.25) is 5.95 Å². The van der Waals surface area contributed by atoms with Crippen molar-refractivity contribution in [3.8, 4) is 11.4 Å². The predicted molar refractivity (Wildman–Crippen MR) is 60.8 cm³/mol. The van der Waals surface area contributed by atoms with Crippen LogP contribution in [-0.4, -0.2) is 31.5 Å². The maximum absolute atomic E-state index is 13.6. The van der Waals surface area contributed by atoms with E-state index < -0.39 is 5.82 Å². The Kier molecular flexibility index (Phi) is 3.27. The average molecular weight is 236 g/mol. The zero-order valence-electron chi connectivity index (χ0n) is 9.68. The Morgan fingerprint density at radius 1 is 1.41 bits per heavy atom. The Labute approximate surface area is 97.9 Å². The summed E-state index contributed by atoms with van der Waals surface area (Å²) in [5.41, 5.74) is 0.718. The van der Waals surface area contributed by atoms with E-state index >= 15 is 0 Å². The second kappa shape index (κ2) is 4.86. The van der Waals surface area contributed by atoms with Crippen LogP contribution in [0, 0.1) is 5.82 Å². The van der Waals surface area contributed by atoms with Crippen molar-refractivity contribution in [2.75, 3.05) is 11.9 Å². The summed E-state index contributed by atoms with van der Waals surface area (Å²) in [6.07, 6.45) is 3.56. The molecular formula is C10H13FN6. The van der Waals surface area contributed by atoms with Crippen molar-refractivity contribution in [1.82, 2.24) is 25.0 Å². The monoisotopic (exact) mass is 236 g/mol. The molecule has 0 atom stereocenters. The van der Waals surface area contributed by atoms with Gasteiger partial charge in [-0.1, -0.05) is 12.1 Å². The van der Waals surface area contributed by atoms with E-state index in [-0.39, 0.29) is 5.69 Å². The molecule has 2 aromatic rings. The van der Waals surface area contributed by atoms with Crippen LogP contribution in [-0.2, 0) is 7.05 Å². The van der Waals surface area contributed by atoms with Gasteiger partial charge in [0, 0.05) is 13.6 Å². The summed E-state index contributed by atoms with van der Waals surface area (Å²) in [6, 6.07) is 0. The van der Waals surface area contributed by atoms with Crippen LogP contribution >= 0.6 is 0 Å². The number of nitrogens with zero attached hydrogens (tertiary/aromatic N) is 5. The van der Waals surface area contributed by atoms with Crippen LogP contribution in [0.1, 0.15) is 13.3 Å². The molecule has 2 rings (SSSR count). The summed E-state index contributed by atoms with van der Waals surface area (Å²) in [5, 5.41) is 10.4. The lowest BCUT2D eigenvalue weighted by molar-refractivity contribution is 0.614. The zero-order valence-corrected chi connectivity index (χ0v) is 9.68. The van der Waals surface area contributed by atoms with Crippen LogP contribution in [0.4, 0.5) is 10.3 Å². The highest BCUT2D eigenvalue weighted by Crippen LogP contribution is 2.19. The second-order valence-electron chi connectivity index (χ2n) is 3.56. The first-order valence-corrected chi connectivity index (χ1v) is 5.34. The third-order valence-corrected chi connectivity index (χ3v) is 2.23. The van der Waals surface area contributed by atoms with Crippen molar-refractivity contribution < 1.29 is 4.39 Å². The minimum Gasteiger partial charge on any atom is -0.354 e. The molecule has 1 N–H and O–H groups in total. The number of rotatable bonds is 4. The molecule has 0 radical (unpaired) electrons. The molecule has 0 amide bonds. The fourth-order valence-corrected chi connectivity index (χ4v) is 1.37. The van der Waals surface area contributed by atoms with Gasteiger partial charge in [-0.15, -0.1) is 5.10 Å². The summed E-state index contributed by atoms with van der Waals surface area (Å²) in [7, 11) is 1.68. The van der Waals surface area contributed by atoms with Crippen molar-refractivity contribution in [3.05, 3.63) is 18.2 Å². The third-order valence-electron chi connectivity index (χ3n) is 2.23. The number of nitrogens with one attached hydrogen (secondary N) is 1. The molecule has 0 saturated carbocycles. The quantitative estimate of drug-likeness (QED) is 0.864. The van der Waals surface area contributed by atoms with Gasteiger partial charge in [0.1, 0.15) is 11.4 Å². The number of anilines is 1. The number of aromatic nitrogens is 5. The van der Waals surface area contributed by atoms with E-state index in [2.05, 4.69) is 25.6 Å². The fourth-order valence-electron chi connectivity index (χ4n) is 1.37. The lowest BCUT2D eigenvalue weighted by atomic mass is 10.3. The summed E-state index contributed by atoms with van der Waals surface area (Å²) < 4.78 is 15.1. The highest BCUT2D eigenvalue weighted by Gasteiger charge is 2.13. The molecule has 0 spiro atoms. The molecule has 90 valence electrons. The van der Waals surface area contributed by atoms with E-state index in [0.29, 0.717) is 11.6 Å². The fraction of sp³-hybridized carbons (Fsp3) is 0.400. The molecule has 0 aliphatic heterocycles. The van der Waals surface area contributed by atoms with Gasteiger partial charge in [-0.2, -0.15) is 0 Å². The van der Waals surface area contributed by atoms with Crippen LogP contribution in [0.25, 0.3) is 11.4 Å². The summed E-state index contributed by atoms with van der Waals surface area (Å²) in [4.78, 5) is 7.98. The first kappa shape index (κ1) is 11.4. The largest absolute Gasteiger partial charge is 0.354 e. The molecule has 0 aliphatic rings. The Bertz CT molecular complexity index is 509. The van der Waals surface area contributed by atoms with E-state index in [9.17, 15) is 4.39 Å². The van der Waals surface area contributed by atoms with Crippen molar-refractivity contribution >= 4 is 5.95 Å². The van der Waals surface area contributed by atoms with Crippen molar-refractivity contribution in [1.29, 1.82) is 0 Å². The van der Waals surface area contributed by atoms with E-state index in [1.54, 1.807) is 7.05 Å². The lowest BCUT2D eigenvalue weighted by Gasteiger charge is -2.06. The molecule has 17 heavy (non-hydrogen) atoms. The Morgan fingerprint density at radius 2 is 2.24 bits per heavy atom. The van der Waals surface area contributed by atoms with Crippen LogP contribution < -0.4 is 5.32 Å². The Morgan fingerprint density at radius 3 is 2.88 bits per heavy atom. The molecule has 2 aromatic heterocycles. The molecule has 0 aromatic carbocycles. The summed E-state index contributed by atoms with van der Waals surface area (Å²) in [6.45, 7) is 2.77. The molecule has 2 heterocycles. The molecule has 6 nitrogen and oxygen atoms in total. The minimum absolute atomic E-state index is 0.200. The topological polar surface area (TPSA) is 68.5 Å². The van der Waals surface area contributed by atoms with E-state index in [1.807, 2.05) is 6.92 Å².